The Morgan fingerprint density at radius 2 is 2.20 bits per heavy atom. The monoisotopic (exact) mass is 279 g/mol. The quantitative estimate of drug-likeness (QED) is 0.831. The molecule has 1 fully saturated rings. The fourth-order valence-electron chi connectivity index (χ4n) is 2.22. The fraction of sp³-hybridized carbons (Fsp3) is 0.615. The van der Waals surface area contributed by atoms with Crippen molar-refractivity contribution in [3.8, 4) is 5.88 Å². The Morgan fingerprint density at radius 1 is 1.50 bits per heavy atom. The van der Waals surface area contributed by atoms with E-state index in [2.05, 4.69) is 15.3 Å². The number of carbonyl (C=O) groups excluding carboxylic acids is 1. The lowest BCUT2D eigenvalue weighted by Crippen LogP contribution is -2.39. The second-order valence-corrected chi connectivity index (χ2v) is 4.77. The molecule has 1 aliphatic heterocycles. The van der Waals surface area contributed by atoms with Gasteiger partial charge in [-0.15, -0.1) is 0 Å². The third kappa shape index (κ3) is 3.09. The minimum atomic E-state index is -0.375. The molecule has 1 saturated heterocycles. The number of hydrogen-bond acceptors (Lipinski definition) is 6. The van der Waals surface area contributed by atoms with Crippen LogP contribution in [0.15, 0.2) is 6.33 Å². The Bertz CT molecular complexity index is 474. The zero-order valence-corrected chi connectivity index (χ0v) is 11.9. The van der Waals surface area contributed by atoms with Crippen LogP contribution in [-0.4, -0.2) is 46.5 Å². The van der Waals surface area contributed by atoms with Crippen molar-refractivity contribution in [2.24, 2.45) is 0 Å². The van der Waals surface area contributed by atoms with Gasteiger partial charge in [-0.3, -0.25) is 4.79 Å². The first-order chi connectivity index (χ1) is 9.63. The van der Waals surface area contributed by atoms with Gasteiger partial charge in [-0.2, -0.15) is 4.98 Å². The summed E-state index contributed by atoms with van der Waals surface area (Å²) in [5.41, 5.74) is 6.26. The molecule has 1 amide bonds. The third-order valence-corrected chi connectivity index (χ3v) is 3.27. The van der Waals surface area contributed by atoms with Crippen LogP contribution >= 0.6 is 0 Å². The number of nitrogens with zero attached hydrogens (tertiary/aromatic N) is 3. The van der Waals surface area contributed by atoms with E-state index < -0.39 is 0 Å². The van der Waals surface area contributed by atoms with E-state index in [0.29, 0.717) is 24.0 Å². The van der Waals surface area contributed by atoms with Crippen molar-refractivity contribution >= 4 is 17.4 Å². The number of ether oxygens (including phenoxy) is 1. The first-order valence-corrected chi connectivity index (χ1v) is 6.92. The lowest BCUT2D eigenvalue weighted by Gasteiger charge is -2.22. The molecule has 1 aliphatic rings. The molecule has 7 heteroatoms. The molecule has 2 rings (SSSR count). The van der Waals surface area contributed by atoms with Gasteiger partial charge in [0.2, 0.25) is 11.8 Å². The highest BCUT2D eigenvalue weighted by atomic mass is 16.5. The summed E-state index contributed by atoms with van der Waals surface area (Å²) >= 11 is 0. The molecule has 7 nitrogen and oxygen atoms in total. The van der Waals surface area contributed by atoms with Crippen LogP contribution in [0.25, 0.3) is 0 Å². The molecule has 110 valence electrons. The van der Waals surface area contributed by atoms with Crippen LogP contribution in [0.2, 0.25) is 0 Å². The number of nitrogens with one attached hydrogen (secondary N) is 1. The summed E-state index contributed by atoms with van der Waals surface area (Å²) in [6.07, 6.45) is 3.52. The molecule has 20 heavy (non-hydrogen) atoms. The second kappa shape index (κ2) is 6.40. The first-order valence-electron chi connectivity index (χ1n) is 6.92. The molecule has 1 atom stereocenters. The van der Waals surface area contributed by atoms with Gasteiger partial charge >= 0.3 is 0 Å². The predicted molar refractivity (Wildman–Crippen MR) is 76.5 cm³/mol. The zero-order valence-electron chi connectivity index (χ0n) is 11.9. The summed E-state index contributed by atoms with van der Waals surface area (Å²) in [6.45, 7) is 5.79. The Balaban J connectivity index is 2.05. The molecule has 0 spiro atoms. The Labute approximate surface area is 118 Å². The Hall–Kier alpha value is -2.05. The number of likely N-dealkylation sites (tertiary alicyclic amines) is 1. The highest BCUT2D eigenvalue weighted by molar-refractivity contribution is 5.85. The van der Waals surface area contributed by atoms with Gasteiger partial charge in [0.15, 0.2) is 5.82 Å². The second-order valence-electron chi connectivity index (χ2n) is 4.77. The van der Waals surface area contributed by atoms with Gasteiger partial charge in [-0.25, -0.2) is 4.98 Å². The van der Waals surface area contributed by atoms with Crippen LogP contribution < -0.4 is 15.8 Å². The van der Waals surface area contributed by atoms with Gasteiger partial charge in [0.1, 0.15) is 18.1 Å². The zero-order chi connectivity index (χ0) is 14.5. The van der Waals surface area contributed by atoms with E-state index in [0.717, 1.165) is 25.9 Å². The fourth-order valence-corrected chi connectivity index (χ4v) is 2.22. The maximum atomic E-state index is 12.2. The highest BCUT2D eigenvalue weighted by Gasteiger charge is 2.24. The van der Waals surface area contributed by atoms with Crippen molar-refractivity contribution in [1.29, 1.82) is 0 Å². The highest BCUT2D eigenvalue weighted by Crippen LogP contribution is 2.25. The number of nitrogens with two attached hydrogens (primary N) is 1. The van der Waals surface area contributed by atoms with E-state index in [9.17, 15) is 4.79 Å². The van der Waals surface area contributed by atoms with Crippen molar-refractivity contribution in [3.63, 3.8) is 0 Å². The average Bonchev–Trinajstić information content (AvgIpc) is 2.96. The smallest absolute Gasteiger partial charge is 0.244 e. The average molecular weight is 279 g/mol. The summed E-state index contributed by atoms with van der Waals surface area (Å²) in [6, 6.07) is -0.375. The van der Waals surface area contributed by atoms with Crippen molar-refractivity contribution in [3.05, 3.63) is 6.33 Å². The molecule has 0 saturated carbocycles. The molecule has 1 aromatic heterocycles. The van der Waals surface area contributed by atoms with Gasteiger partial charge in [-0.05, 0) is 26.7 Å². The molecule has 0 aliphatic carbocycles. The summed E-state index contributed by atoms with van der Waals surface area (Å²) in [4.78, 5) is 22.1. The van der Waals surface area contributed by atoms with Crippen LogP contribution in [0, 0.1) is 0 Å². The summed E-state index contributed by atoms with van der Waals surface area (Å²) < 4.78 is 5.31. The van der Waals surface area contributed by atoms with Crippen LogP contribution in [0.1, 0.15) is 26.7 Å². The lowest BCUT2D eigenvalue weighted by atomic mass is 10.3. The molecule has 0 aromatic carbocycles. The molecule has 0 radical (unpaired) electrons. The largest absolute Gasteiger partial charge is 0.476 e. The summed E-state index contributed by atoms with van der Waals surface area (Å²) in [7, 11) is 0. The first kappa shape index (κ1) is 14.4. The maximum Gasteiger partial charge on any atom is 0.244 e. The van der Waals surface area contributed by atoms with E-state index in [-0.39, 0.29) is 11.9 Å². The molecule has 1 aromatic rings. The van der Waals surface area contributed by atoms with E-state index in [1.807, 2.05) is 18.7 Å². The summed E-state index contributed by atoms with van der Waals surface area (Å²) in [5.74, 6) is 0.841. The maximum absolute atomic E-state index is 12.2. The van der Waals surface area contributed by atoms with Crippen molar-refractivity contribution in [2.75, 3.05) is 30.7 Å². The van der Waals surface area contributed by atoms with E-state index in [1.54, 1.807) is 0 Å². The number of aromatic nitrogens is 2. The third-order valence-electron chi connectivity index (χ3n) is 3.27. The minimum Gasteiger partial charge on any atom is -0.476 e. The molecule has 1 unspecified atom stereocenters. The number of carbonyl (C=O) groups is 1. The topological polar surface area (TPSA) is 93.4 Å². The van der Waals surface area contributed by atoms with Gasteiger partial charge in [0, 0.05) is 13.1 Å². The van der Waals surface area contributed by atoms with Crippen LogP contribution in [0.4, 0.5) is 11.5 Å². The van der Waals surface area contributed by atoms with Gasteiger partial charge in [-0.1, -0.05) is 0 Å². The van der Waals surface area contributed by atoms with Gasteiger partial charge in [0.05, 0.1) is 6.61 Å². The number of rotatable bonds is 5. The van der Waals surface area contributed by atoms with Crippen LogP contribution in [0.3, 0.4) is 0 Å². The predicted octanol–water partition coefficient (Wildman–Crippen LogP) is 0.880. The van der Waals surface area contributed by atoms with Crippen molar-refractivity contribution in [1.82, 2.24) is 14.9 Å². The van der Waals surface area contributed by atoms with E-state index in [1.165, 1.54) is 6.33 Å². The molecule has 2 heterocycles. The minimum absolute atomic E-state index is 0.0680. The number of hydrogen-bond donors (Lipinski definition) is 2. The van der Waals surface area contributed by atoms with Crippen LogP contribution in [-0.2, 0) is 4.79 Å². The Morgan fingerprint density at radius 3 is 2.85 bits per heavy atom. The molecule has 3 N–H and O–H groups in total. The number of anilines is 2. The number of amides is 1. The van der Waals surface area contributed by atoms with E-state index >= 15 is 0 Å². The Kier molecular flexibility index (Phi) is 4.60. The van der Waals surface area contributed by atoms with Crippen molar-refractivity contribution in [2.45, 2.75) is 32.7 Å². The lowest BCUT2D eigenvalue weighted by molar-refractivity contribution is -0.130. The summed E-state index contributed by atoms with van der Waals surface area (Å²) in [5, 5.41) is 3.04. The SMILES string of the molecule is CCOc1ncnc(NC(C)C(=O)N2CCCC2)c1N. The van der Waals surface area contributed by atoms with Crippen LogP contribution in [0.5, 0.6) is 5.88 Å². The molecular formula is C13H21N5O2. The standard InChI is InChI=1S/C13H21N5O2/c1-3-20-12-10(14)11(15-8-16-12)17-9(2)13(19)18-6-4-5-7-18/h8-9H,3-7,14H2,1-2H3,(H,15,16,17). The molecular weight excluding hydrogens is 258 g/mol. The van der Waals surface area contributed by atoms with Crippen molar-refractivity contribution < 1.29 is 9.53 Å². The molecule has 0 bridgehead atoms. The van der Waals surface area contributed by atoms with Gasteiger partial charge < -0.3 is 20.7 Å². The van der Waals surface area contributed by atoms with Gasteiger partial charge in [0.25, 0.3) is 0 Å². The normalized spacial score (nSPS) is 16.0. The van der Waals surface area contributed by atoms with E-state index in [4.69, 9.17) is 10.5 Å². The number of nitrogen functional groups attached to an aromatic ring is 1.